The lowest BCUT2D eigenvalue weighted by molar-refractivity contribution is -0.141. The first kappa shape index (κ1) is 12.4. The maximum Gasteiger partial charge on any atom is 0.308 e. The molecular weight excluding hydrogens is 258 g/mol. The molecule has 1 aromatic heterocycles. The number of hydrogen-bond donors (Lipinski definition) is 1. The van der Waals surface area contributed by atoms with Crippen molar-refractivity contribution in [1.82, 2.24) is 9.78 Å². The second-order valence-electron chi connectivity index (χ2n) is 4.71. The number of amides is 1. The fourth-order valence-corrected chi connectivity index (χ4v) is 2.35. The van der Waals surface area contributed by atoms with Gasteiger partial charge in [0, 0.05) is 31.0 Å². The molecule has 6 nitrogen and oxygen atoms in total. The summed E-state index contributed by atoms with van der Waals surface area (Å²) in [7, 11) is 0. The van der Waals surface area contributed by atoms with Gasteiger partial charge < -0.3 is 10.0 Å². The Bertz CT molecular complexity index is 651. The van der Waals surface area contributed by atoms with Crippen molar-refractivity contribution >= 4 is 17.6 Å². The van der Waals surface area contributed by atoms with Gasteiger partial charge in [0.2, 0.25) is 5.91 Å². The molecule has 0 bridgehead atoms. The van der Waals surface area contributed by atoms with Crippen molar-refractivity contribution in [2.45, 2.75) is 6.42 Å². The van der Waals surface area contributed by atoms with Crippen LogP contribution in [0, 0.1) is 5.92 Å². The third kappa shape index (κ3) is 2.16. The third-order valence-corrected chi connectivity index (χ3v) is 3.38. The van der Waals surface area contributed by atoms with E-state index in [4.69, 9.17) is 5.11 Å². The Kier molecular flexibility index (Phi) is 2.98. The van der Waals surface area contributed by atoms with E-state index in [0.717, 1.165) is 5.69 Å². The lowest BCUT2D eigenvalue weighted by Gasteiger charge is -2.17. The predicted molar refractivity (Wildman–Crippen MR) is 71.7 cm³/mol. The summed E-state index contributed by atoms with van der Waals surface area (Å²) in [4.78, 5) is 24.4. The van der Waals surface area contributed by atoms with Crippen LogP contribution in [0.2, 0.25) is 0 Å². The SMILES string of the molecule is O=C(O)C1CC(=O)N(c2cccc(-n3cccn3)c2)C1. The number of carboxylic acid groups (broad SMARTS) is 1. The molecule has 0 saturated carbocycles. The summed E-state index contributed by atoms with van der Waals surface area (Å²) < 4.78 is 1.69. The molecule has 2 heterocycles. The van der Waals surface area contributed by atoms with E-state index in [1.807, 2.05) is 30.5 Å². The molecule has 1 N–H and O–H groups in total. The Morgan fingerprint density at radius 3 is 2.75 bits per heavy atom. The Morgan fingerprint density at radius 2 is 2.10 bits per heavy atom. The molecule has 1 aliphatic rings. The minimum atomic E-state index is -0.927. The molecule has 1 aromatic carbocycles. The monoisotopic (exact) mass is 271 g/mol. The first-order valence-corrected chi connectivity index (χ1v) is 6.28. The fraction of sp³-hybridized carbons (Fsp3) is 0.214. The van der Waals surface area contributed by atoms with Crippen LogP contribution in [0.15, 0.2) is 42.7 Å². The number of anilines is 1. The van der Waals surface area contributed by atoms with Crippen LogP contribution in [0.3, 0.4) is 0 Å². The second-order valence-corrected chi connectivity index (χ2v) is 4.71. The van der Waals surface area contributed by atoms with Gasteiger partial charge in [-0.1, -0.05) is 6.07 Å². The number of rotatable bonds is 3. The number of carbonyl (C=O) groups is 2. The summed E-state index contributed by atoms with van der Waals surface area (Å²) in [5.74, 6) is -1.71. The van der Waals surface area contributed by atoms with Gasteiger partial charge in [0.15, 0.2) is 0 Å². The minimum Gasteiger partial charge on any atom is -0.481 e. The Balaban J connectivity index is 1.90. The Morgan fingerprint density at radius 1 is 1.30 bits per heavy atom. The molecule has 1 atom stereocenters. The van der Waals surface area contributed by atoms with Crippen molar-refractivity contribution in [3.05, 3.63) is 42.7 Å². The van der Waals surface area contributed by atoms with Gasteiger partial charge in [-0.2, -0.15) is 5.10 Å². The molecule has 1 unspecified atom stereocenters. The highest BCUT2D eigenvalue weighted by Crippen LogP contribution is 2.26. The van der Waals surface area contributed by atoms with Gasteiger partial charge in [0.05, 0.1) is 11.6 Å². The maximum absolute atomic E-state index is 11.9. The highest BCUT2D eigenvalue weighted by atomic mass is 16.4. The average Bonchev–Trinajstić information content (AvgIpc) is 3.08. The number of benzene rings is 1. The molecule has 0 aliphatic carbocycles. The van der Waals surface area contributed by atoms with Crippen molar-refractivity contribution in [1.29, 1.82) is 0 Å². The van der Waals surface area contributed by atoms with Crippen molar-refractivity contribution in [2.24, 2.45) is 5.92 Å². The van der Waals surface area contributed by atoms with E-state index in [9.17, 15) is 9.59 Å². The molecule has 1 saturated heterocycles. The van der Waals surface area contributed by atoms with Crippen LogP contribution in [0.1, 0.15) is 6.42 Å². The van der Waals surface area contributed by atoms with E-state index in [0.29, 0.717) is 5.69 Å². The maximum atomic E-state index is 11.9. The summed E-state index contributed by atoms with van der Waals surface area (Å²) in [6.07, 6.45) is 3.54. The Labute approximate surface area is 115 Å². The number of carbonyl (C=O) groups excluding carboxylic acids is 1. The molecule has 6 heteroatoms. The molecule has 2 aromatic rings. The van der Waals surface area contributed by atoms with Gasteiger partial charge in [-0.05, 0) is 24.3 Å². The molecule has 102 valence electrons. The van der Waals surface area contributed by atoms with Crippen molar-refractivity contribution in [2.75, 3.05) is 11.4 Å². The zero-order valence-electron chi connectivity index (χ0n) is 10.6. The van der Waals surface area contributed by atoms with Gasteiger partial charge in [0.1, 0.15) is 0 Å². The molecule has 1 amide bonds. The van der Waals surface area contributed by atoms with E-state index in [1.165, 1.54) is 4.90 Å². The number of aliphatic carboxylic acids is 1. The van der Waals surface area contributed by atoms with Crippen molar-refractivity contribution in [3.63, 3.8) is 0 Å². The summed E-state index contributed by atoms with van der Waals surface area (Å²) in [6, 6.07) is 9.15. The number of carboxylic acids is 1. The van der Waals surface area contributed by atoms with E-state index >= 15 is 0 Å². The standard InChI is InChI=1S/C14H13N3O3/c18-13-7-10(14(19)20)9-16(13)11-3-1-4-12(8-11)17-6-2-5-15-17/h1-6,8,10H,7,9H2,(H,19,20). The second kappa shape index (κ2) is 4.80. The quantitative estimate of drug-likeness (QED) is 0.913. The summed E-state index contributed by atoms with van der Waals surface area (Å²) in [5, 5.41) is 13.1. The highest BCUT2D eigenvalue weighted by molar-refractivity contribution is 5.99. The number of nitrogens with zero attached hydrogens (tertiary/aromatic N) is 3. The first-order valence-electron chi connectivity index (χ1n) is 6.28. The minimum absolute atomic E-state index is 0.0569. The summed E-state index contributed by atoms with van der Waals surface area (Å²) in [5.41, 5.74) is 1.53. The van der Waals surface area contributed by atoms with Gasteiger partial charge in [-0.15, -0.1) is 0 Å². The average molecular weight is 271 g/mol. The van der Waals surface area contributed by atoms with Crippen LogP contribution in [0.5, 0.6) is 0 Å². The van der Waals surface area contributed by atoms with Crippen LogP contribution in [-0.2, 0) is 9.59 Å². The number of aromatic nitrogens is 2. The van der Waals surface area contributed by atoms with E-state index in [-0.39, 0.29) is 18.9 Å². The lowest BCUT2D eigenvalue weighted by atomic mass is 10.1. The van der Waals surface area contributed by atoms with Gasteiger partial charge in [-0.25, -0.2) is 4.68 Å². The molecule has 1 aliphatic heterocycles. The third-order valence-electron chi connectivity index (χ3n) is 3.38. The first-order chi connectivity index (χ1) is 9.65. The fourth-order valence-electron chi connectivity index (χ4n) is 2.35. The smallest absolute Gasteiger partial charge is 0.308 e. The topological polar surface area (TPSA) is 75.4 Å². The van der Waals surface area contributed by atoms with E-state index in [2.05, 4.69) is 5.10 Å². The zero-order chi connectivity index (χ0) is 14.1. The normalized spacial score (nSPS) is 18.5. The summed E-state index contributed by atoms with van der Waals surface area (Å²) in [6.45, 7) is 0.219. The Hall–Kier alpha value is -2.63. The van der Waals surface area contributed by atoms with E-state index < -0.39 is 11.9 Å². The van der Waals surface area contributed by atoms with Gasteiger partial charge in [-0.3, -0.25) is 9.59 Å². The molecule has 1 fully saturated rings. The largest absolute Gasteiger partial charge is 0.481 e. The molecule has 0 radical (unpaired) electrons. The van der Waals surface area contributed by atoms with Gasteiger partial charge in [0.25, 0.3) is 0 Å². The van der Waals surface area contributed by atoms with Crippen LogP contribution in [0.25, 0.3) is 5.69 Å². The van der Waals surface area contributed by atoms with Crippen LogP contribution < -0.4 is 4.90 Å². The summed E-state index contributed by atoms with van der Waals surface area (Å²) >= 11 is 0. The molecule has 3 rings (SSSR count). The zero-order valence-corrected chi connectivity index (χ0v) is 10.6. The van der Waals surface area contributed by atoms with Crippen LogP contribution in [0.4, 0.5) is 5.69 Å². The molecular formula is C14H13N3O3. The van der Waals surface area contributed by atoms with Gasteiger partial charge >= 0.3 is 5.97 Å². The predicted octanol–water partition coefficient (Wildman–Crippen LogP) is 1.31. The van der Waals surface area contributed by atoms with Crippen LogP contribution in [-0.4, -0.2) is 33.3 Å². The van der Waals surface area contributed by atoms with Crippen molar-refractivity contribution < 1.29 is 14.7 Å². The van der Waals surface area contributed by atoms with Crippen molar-refractivity contribution in [3.8, 4) is 5.69 Å². The molecule has 0 spiro atoms. The number of hydrogen-bond acceptors (Lipinski definition) is 3. The molecule has 20 heavy (non-hydrogen) atoms. The lowest BCUT2D eigenvalue weighted by Crippen LogP contribution is -2.25. The van der Waals surface area contributed by atoms with Crippen LogP contribution >= 0.6 is 0 Å². The highest BCUT2D eigenvalue weighted by Gasteiger charge is 2.35. The van der Waals surface area contributed by atoms with E-state index in [1.54, 1.807) is 16.9 Å².